The van der Waals surface area contributed by atoms with Crippen molar-refractivity contribution in [2.45, 2.75) is 32.6 Å². The molecule has 1 saturated heterocycles. The third kappa shape index (κ3) is 3.88. The molecule has 0 saturated carbocycles. The summed E-state index contributed by atoms with van der Waals surface area (Å²) < 4.78 is 5.54. The molecule has 156 valence electrons. The number of thiazole rings is 1. The van der Waals surface area contributed by atoms with Crippen LogP contribution >= 0.6 is 11.3 Å². The highest BCUT2D eigenvalue weighted by Crippen LogP contribution is 2.32. The van der Waals surface area contributed by atoms with Gasteiger partial charge in [0.05, 0.1) is 16.6 Å². The molecule has 2 aromatic carbocycles. The minimum Gasteiger partial charge on any atom is -0.339 e. The fourth-order valence-electron chi connectivity index (χ4n) is 3.76. The Kier molecular flexibility index (Phi) is 5.11. The maximum absolute atomic E-state index is 12.5. The van der Waals surface area contributed by atoms with Crippen LogP contribution in [0.25, 0.3) is 22.6 Å². The normalized spacial score (nSPS) is 16.3. The second-order valence-electron chi connectivity index (χ2n) is 7.75. The van der Waals surface area contributed by atoms with Crippen molar-refractivity contribution in [3.05, 3.63) is 70.4 Å². The molecular formula is C24H22N4O2S. The summed E-state index contributed by atoms with van der Waals surface area (Å²) in [5.74, 6) is 1.02. The Balaban J connectivity index is 1.32. The fourth-order valence-corrected chi connectivity index (χ4v) is 4.52. The van der Waals surface area contributed by atoms with Crippen LogP contribution in [-0.2, 0) is 11.2 Å². The van der Waals surface area contributed by atoms with Crippen LogP contribution in [0, 0.1) is 6.92 Å². The Hall–Kier alpha value is -3.32. The van der Waals surface area contributed by atoms with Crippen LogP contribution < -0.4 is 4.90 Å². The van der Waals surface area contributed by atoms with Gasteiger partial charge in [0.25, 0.3) is 0 Å². The van der Waals surface area contributed by atoms with E-state index in [1.54, 1.807) is 16.2 Å². The van der Waals surface area contributed by atoms with E-state index in [0.717, 1.165) is 33.9 Å². The van der Waals surface area contributed by atoms with Gasteiger partial charge in [0.2, 0.25) is 17.6 Å². The summed E-state index contributed by atoms with van der Waals surface area (Å²) in [6.45, 7) is 4.69. The fraction of sp³-hybridized carbons (Fsp3) is 0.250. The largest absolute Gasteiger partial charge is 0.339 e. The van der Waals surface area contributed by atoms with E-state index < -0.39 is 0 Å². The predicted octanol–water partition coefficient (Wildman–Crippen LogP) is 5.25. The lowest BCUT2D eigenvalue weighted by Gasteiger charge is -2.16. The zero-order chi connectivity index (χ0) is 21.4. The highest BCUT2D eigenvalue weighted by molar-refractivity contribution is 7.09. The highest BCUT2D eigenvalue weighted by Gasteiger charge is 2.35. The lowest BCUT2D eigenvalue weighted by atomic mass is 10.1. The van der Waals surface area contributed by atoms with E-state index >= 15 is 0 Å². The molecule has 0 spiro atoms. The van der Waals surface area contributed by atoms with Gasteiger partial charge in [-0.25, -0.2) is 4.98 Å². The summed E-state index contributed by atoms with van der Waals surface area (Å²) in [4.78, 5) is 23.6. The number of nitrogens with zero attached hydrogens (tertiary/aromatic N) is 4. The van der Waals surface area contributed by atoms with Crippen molar-refractivity contribution in [1.82, 2.24) is 15.1 Å². The van der Waals surface area contributed by atoms with E-state index in [1.807, 2.05) is 55.5 Å². The Morgan fingerprint density at radius 1 is 1.06 bits per heavy atom. The average molecular weight is 431 g/mol. The zero-order valence-corrected chi connectivity index (χ0v) is 18.2. The molecule has 0 aliphatic carbocycles. The molecule has 7 heteroatoms. The molecule has 1 aliphatic heterocycles. The lowest BCUT2D eigenvalue weighted by molar-refractivity contribution is -0.117. The van der Waals surface area contributed by atoms with Crippen molar-refractivity contribution in [1.29, 1.82) is 0 Å². The standard InChI is InChI=1S/C24H22N4O2S/c1-3-21-25-20(14-31-21)16-6-8-17(9-7-16)23-26-24(30-27-23)18-12-22(29)28(13-18)19-10-4-15(2)5-11-19/h4-11,14,18H,3,12-13H2,1-2H3/t18-/m0/s1. The summed E-state index contributed by atoms with van der Waals surface area (Å²) in [5.41, 5.74) is 5.01. The Bertz CT molecular complexity index is 1210. The number of amides is 1. The summed E-state index contributed by atoms with van der Waals surface area (Å²) in [5, 5.41) is 7.37. The summed E-state index contributed by atoms with van der Waals surface area (Å²) in [6, 6.07) is 16.0. The molecule has 0 unspecified atom stereocenters. The molecule has 1 atom stereocenters. The quantitative estimate of drug-likeness (QED) is 0.432. The molecule has 1 fully saturated rings. The molecule has 5 rings (SSSR count). The SMILES string of the molecule is CCc1nc(-c2ccc(-c3noc([C@H]4CC(=O)N(c5ccc(C)cc5)C4)n3)cc2)cs1. The predicted molar refractivity (Wildman–Crippen MR) is 121 cm³/mol. The lowest BCUT2D eigenvalue weighted by Crippen LogP contribution is -2.24. The topological polar surface area (TPSA) is 72.1 Å². The number of carbonyl (C=O) groups excluding carboxylic acids is 1. The van der Waals surface area contributed by atoms with Crippen molar-refractivity contribution >= 4 is 22.9 Å². The number of hydrogen-bond acceptors (Lipinski definition) is 6. The number of carbonyl (C=O) groups is 1. The van der Waals surface area contributed by atoms with Crippen molar-refractivity contribution in [2.75, 3.05) is 11.4 Å². The Labute approximate surface area is 184 Å². The van der Waals surface area contributed by atoms with Crippen LogP contribution in [0.5, 0.6) is 0 Å². The van der Waals surface area contributed by atoms with Crippen molar-refractivity contribution in [3.63, 3.8) is 0 Å². The first-order valence-electron chi connectivity index (χ1n) is 10.4. The van der Waals surface area contributed by atoms with Crippen LogP contribution in [0.4, 0.5) is 5.69 Å². The third-order valence-corrected chi connectivity index (χ3v) is 6.55. The van der Waals surface area contributed by atoms with Crippen LogP contribution in [0.15, 0.2) is 58.4 Å². The first kappa shape index (κ1) is 19.6. The Morgan fingerprint density at radius 3 is 2.52 bits per heavy atom. The van der Waals surface area contributed by atoms with E-state index in [1.165, 1.54) is 5.56 Å². The maximum atomic E-state index is 12.5. The minimum atomic E-state index is -0.100. The number of rotatable bonds is 5. The molecule has 2 aromatic heterocycles. The van der Waals surface area contributed by atoms with Gasteiger partial charge in [-0.2, -0.15) is 4.98 Å². The van der Waals surface area contributed by atoms with E-state index in [9.17, 15) is 4.79 Å². The van der Waals surface area contributed by atoms with Gasteiger partial charge in [-0.3, -0.25) is 4.79 Å². The van der Waals surface area contributed by atoms with Crippen LogP contribution in [0.3, 0.4) is 0 Å². The van der Waals surface area contributed by atoms with Crippen LogP contribution in [0.2, 0.25) is 0 Å². The molecule has 1 aliphatic rings. The van der Waals surface area contributed by atoms with Gasteiger partial charge in [-0.15, -0.1) is 11.3 Å². The number of aryl methyl sites for hydroxylation is 2. The molecule has 0 bridgehead atoms. The van der Waals surface area contributed by atoms with Gasteiger partial charge in [0.1, 0.15) is 0 Å². The first-order valence-corrected chi connectivity index (χ1v) is 11.2. The van der Waals surface area contributed by atoms with Crippen molar-refractivity contribution in [3.8, 4) is 22.6 Å². The average Bonchev–Trinajstić information content (AvgIpc) is 3.54. The highest BCUT2D eigenvalue weighted by atomic mass is 32.1. The van der Waals surface area contributed by atoms with Gasteiger partial charge in [-0.05, 0) is 25.5 Å². The smallest absolute Gasteiger partial charge is 0.232 e. The summed E-state index contributed by atoms with van der Waals surface area (Å²) in [7, 11) is 0. The monoisotopic (exact) mass is 430 g/mol. The number of aromatic nitrogens is 3. The maximum Gasteiger partial charge on any atom is 0.232 e. The molecule has 3 heterocycles. The molecule has 0 radical (unpaired) electrons. The van der Waals surface area contributed by atoms with Gasteiger partial charge < -0.3 is 9.42 Å². The van der Waals surface area contributed by atoms with E-state index in [-0.39, 0.29) is 11.8 Å². The summed E-state index contributed by atoms with van der Waals surface area (Å²) >= 11 is 1.68. The van der Waals surface area contributed by atoms with E-state index in [4.69, 9.17) is 4.52 Å². The van der Waals surface area contributed by atoms with Crippen LogP contribution in [0.1, 0.15) is 35.7 Å². The molecule has 0 N–H and O–H groups in total. The zero-order valence-electron chi connectivity index (χ0n) is 17.4. The number of anilines is 1. The molecule has 4 aromatic rings. The van der Waals surface area contributed by atoms with Gasteiger partial charge in [0.15, 0.2) is 0 Å². The molecule has 31 heavy (non-hydrogen) atoms. The van der Waals surface area contributed by atoms with Crippen molar-refractivity contribution < 1.29 is 9.32 Å². The Morgan fingerprint density at radius 2 is 1.81 bits per heavy atom. The third-order valence-electron chi connectivity index (χ3n) is 5.55. The van der Waals surface area contributed by atoms with Gasteiger partial charge >= 0.3 is 0 Å². The first-order chi connectivity index (χ1) is 15.1. The van der Waals surface area contributed by atoms with Crippen LogP contribution in [-0.4, -0.2) is 27.6 Å². The number of hydrogen-bond donors (Lipinski definition) is 0. The second kappa shape index (κ2) is 8.07. The van der Waals surface area contributed by atoms with Crippen molar-refractivity contribution in [2.24, 2.45) is 0 Å². The number of benzene rings is 2. The van der Waals surface area contributed by atoms with E-state index in [2.05, 4.69) is 27.4 Å². The molecule has 1 amide bonds. The van der Waals surface area contributed by atoms with Gasteiger partial charge in [0, 0.05) is 35.2 Å². The molecular weight excluding hydrogens is 408 g/mol. The van der Waals surface area contributed by atoms with Gasteiger partial charge in [-0.1, -0.05) is 54.0 Å². The van der Waals surface area contributed by atoms with E-state index in [0.29, 0.717) is 24.7 Å². The molecule has 6 nitrogen and oxygen atoms in total. The second-order valence-corrected chi connectivity index (χ2v) is 8.70. The minimum absolute atomic E-state index is 0.0765. The summed E-state index contributed by atoms with van der Waals surface area (Å²) in [6.07, 6.45) is 1.32.